The van der Waals surface area contributed by atoms with Crippen molar-refractivity contribution in [3.63, 3.8) is 0 Å². The van der Waals surface area contributed by atoms with Gasteiger partial charge in [-0.25, -0.2) is 0 Å². The predicted molar refractivity (Wildman–Crippen MR) is 96.5 cm³/mol. The van der Waals surface area contributed by atoms with Crippen molar-refractivity contribution in [2.24, 2.45) is 40.4 Å². The van der Waals surface area contributed by atoms with Gasteiger partial charge in [0, 0.05) is 0 Å². The van der Waals surface area contributed by atoms with Crippen LogP contribution in [0.2, 0.25) is 0 Å². The minimum absolute atomic E-state index is 0.470. The third kappa shape index (κ3) is 3.50. The fraction of sp³-hybridized carbons (Fsp3) is 1.00. The average Bonchev–Trinajstić information content (AvgIpc) is 2.47. The molecule has 0 heteroatoms. The third-order valence-corrected chi connectivity index (χ3v) is 8.00. The molecule has 0 bridgehead atoms. The van der Waals surface area contributed by atoms with E-state index in [1.165, 1.54) is 32.1 Å². The molecular weight excluding hydrogens is 252 g/mol. The molecule has 126 valence electrons. The highest BCUT2D eigenvalue weighted by Crippen LogP contribution is 2.61. The number of rotatable bonds is 8. The normalized spacial score (nSPS) is 34.1. The van der Waals surface area contributed by atoms with Crippen LogP contribution in [0.3, 0.4) is 0 Å². The smallest absolute Gasteiger partial charge is 0.0264 e. The Labute approximate surface area is 135 Å². The standard InChI is InChI=1S/C21H42/c1-10-13-19-18(11-2)14-21(19,9)17(6)15(4)16(5)20(7,8)12-3/h15-19H,10-14H2,1-9H3. The third-order valence-electron chi connectivity index (χ3n) is 8.00. The van der Waals surface area contributed by atoms with E-state index in [1.54, 1.807) is 0 Å². The zero-order valence-electron chi connectivity index (χ0n) is 16.4. The molecule has 0 nitrogen and oxygen atoms in total. The molecule has 0 aliphatic heterocycles. The van der Waals surface area contributed by atoms with Crippen molar-refractivity contribution < 1.29 is 0 Å². The van der Waals surface area contributed by atoms with Crippen LogP contribution in [0, 0.1) is 40.4 Å². The van der Waals surface area contributed by atoms with Gasteiger partial charge in [0.05, 0.1) is 0 Å². The van der Waals surface area contributed by atoms with Gasteiger partial charge in [0.2, 0.25) is 0 Å². The highest BCUT2D eigenvalue weighted by molar-refractivity contribution is 5.02. The lowest BCUT2D eigenvalue weighted by atomic mass is 9.45. The largest absolute Gasteiger partial charge is 0.0654 e. The second kappa shape index (κ2) is 7.05. The van der Waals surface area contributed by atoms with Crippen LogP contribution in [0.1, 0.15) is 94.4 Å². The first-order valence-electron chi connectivity index (χ1n) is 9.65. The molecule has 1 fully saturated rings. The predicted octanol–water partition coefficient (Wildman–Crippen LogP) is 7.18. The van der Waals surface area contributed by atoms with Crippen LogP contribution >= 0.6 is 0 Å². The van der Waals surface area contributed by atoms with Crippen LogP contribution in [-0.4, -0.2) is 0 Å². The fourth-order valence-corrected chi connectivity index (χ4v) is 5.13. The molecule has 0 saturated heterocycles. The summed E-state index contributed by atoms with van der Waals surface area (Å²) in [7, 11) is 0. The summed E-state index contributed by atoms with van der Waals surface area (Å²) in [5, 5.41) is 0. The van der Waals surface area contributed by atoms with Gasteiger partial charge in [0.1, 0.15) is 0 Å². The average molecular weight is 295 g/mol. The van der Waals surface area contributed by atoms with E-state index >= 15 is 0 Å². The zero-order chi connectivity index (χ0) is 16.4. The van der Waals surface area contributed by atoms with Crippen molar-refractivity contribution in [1.29, 1.82) is 0 Å². The van der Waals surface area contributed by atoms with E-state index in [-0.39, 0.29) is 0 Å². The van der Waals surface area contributed by atoms with E-state index in [2.05, 4.69) is 62.3 Å². The zero-order valence-corrected chi connectivity index (χ0v) is 16.4. The summed E-state index contributed by atoms with van der Waals surface area (Å²) >= 11 is 0. The molecule has 6 atom stereocenters. The van der Waals surface area contributed by atoms with Crippen LogP contribution in [0.4, 0.5) is 0 Å². The van der Waals surface area contributed by atoms with Crippen molar-refractivity contribution in [2.45, 2.75) is 94.4 Å². The quantitative estimate of drug-likeness (QED) is 0.444. The molecule has 0 N–H and O–H groups in total. The van der Waals surface area contributed by atoms with Gasteiger partial charge in [-0.2, -0.15) is 0 Å². The Balaban J connectivity index is 2.84. The Bertz CT molecular complexity index is 316. The Hall–Kier alpha value is 0. The maximum atomic E-state index is 2.60. The summed E-state index contributed by atoms with van der Waals surface area (Å²) in [6, 6.07) is 0. The summed E-state index contributed by atoms with van der Waals surface area (Å²) in [5.41, 5.74) is 1.06. The van der Waals surface area contributed by atoms with E-state index in [9.17, 15) is 0 Å². The Morgan fingerprint density at radius 3 is 2.10 bits per heavy atom. The van der Waals surface area contributed by atoms with Crippen LogP contribution in [0.5, 0.6) is 0 Å². The summed E-state index contributed by atoms with van der Waals surface area (Å²) in [6.07, 6.45) is 6.94. The van der Waals surface area contributed by atoms with Crippen molar-refractivity contribution in [3.05, 3.63) is 0 Å². The summed E-state index contributed by atoms with van der Waals surface area (Å²) in [4.78, 5) is 0. The van der Waals surface area contributed by atoms with Gasteiger partial charge in [-0.1, -0.05) is 81.6 Å². The van der Waals surface area contributed by atoms with E-state index in [4.69, 9.17) is 0 Å². The molecule has 0 heterocycles. The molecular formula is C21H42. The van der Waals surface area contributed by atoms with E-state index in [0.29, 0.717) is 10.8 Å². The van der Waals surface area contributed by atoms with Crippen LogP contribution in [0.15, 0.2) is 0 Å². The van der Waals surface area contributed by atoms with E-state index in [0.717, 1.165) is 29.6 Å². The minimum Gasteiger partial charge on any atom is -0.0654 e. The van der Waals surface area contributed by atoms with Crippen molar-refractivity contribution in [1.82, 2.24) is 0 Å². The maximum absolute atomic E-state index is 2.60. The lowest BCUT2D eigenvalue weighted by Gasteiger charge is -2.59. The summed E-state index contributed by atoms with van der Waals surface area (Å²) in [5.74, 6) is 4.44. The molecule has 0 amide bonds. The van der Waals surface area contributed by atoms with Gasteiger partial charge in [0.25, 0.3) is 0 Å². The van der Waals surface area contributed by atoms with Gasteiger partial charge >= 0.3 is 0 Å². The van der Waals surface area contributed by atoms with Crippen LogP contribution in [0.25, 0.3) is 0 Å². The SMILES string of the molecule is CCCC1C(CC)CC1(C)C(C)C(C)C(C)C(C)(C)CC. The highest BCUT2D eigenvalue weighted by atomic mass is 14.6. The highest BCUT2D eigenvalue weighted by Gasteiger charge is 2.53. The molecule has 1 aliphatic rings. The summed E-state index contributed by atoms with van der Waals surface area (Å²) < 4.78 is 0. The van der Waals surface area contributed by atoms with Crippen molar-refractivity contribution in [2.75, 3.05) is 0 Å². The summed E-state index contributed by atoms with van der Waals surface area (Å²) in [6.45, 7) is 22.2. The van der Waals surface area contributed by atoms with E-state index < -0.39 is 0 Å². The lowest BCUT2D eigenvalue weighted by molar-refractivity contribution is -0.105. The molecule has 0 aromatic rings. The number of hydrogen-bond acceptors (Lipinski definition) is 0. The molecule has 0 aromatic carbocycles. The van der Waals surface area contributed by atoms with Crippen LogP contribution < -0.4 is 0 Å². The molecule has 1 rings (SSSR count). The first-order chi connectivity index (χ1) is 9.65. The lowest BCUT2D eigenvalue weighted by Crippen LogP contribution is -2.52. The van der Waals surface area contributed by atoms with Gasteiger partial charge in [-0.15, -0.1) is 0 Å². The topological polar surface area (TPSA) is 0 Å². The Morgan fingerprint density at radius 2 is 1.67 bits per heavy atom. The molecule has 0 spiro atoms. The fourth-order valence-electron chi connectivity index (χ4n) is 5.13. The molecule has 6 unspecified atom stereocenters. The first kappa shape index (κ1) is 19.0. The second-order valence-electron chi connectivity index (χ2n) is 9.05. The van der Waals surface area contributed by atoms with Gasteiger partial charge in [-0.3, -0.25) is 0 Å². The van der Waals surface area contributed by atoms with Gasteiger partial charge in [0.15, 0.2) is 0 Å². The van der Waals surface area contributed by atoms with Gasteiger partial charge < -0.3 is 0 Å². The van der Waals surface area contributed by atoms with Crippen molar-refractivity contribution >= 4 is 0 Å². The molecule has 0 aromatic heterocycles. The second-order valence-corrected chi connectivity index (χ2v) is 9.05. The molecule has 1 saturated carbocycles. The van der Waals surface area contributed by atoms with Crippen molar-refractivity contribution in [3.8, 4) is 0 Å². The Morgan fingerprint density at radius 1 is 1.10 bits per heavy atom. The molecule has 1 aliphatic carbocycles. The minimum atomic E-state index is 0.470. The monoisotopic (exact) mass is 294 g/mol. The van der Waals surface area contributed by atoms with Gasteiger partial charge in [-0.05, 0) is 53.3 Å². The van der Waals surface area contributed by atoms with E-state index in [1.807, 2.05) is 0 Å². The molecule has 0 radical (unpaired) electrons. The first-order valence-corrected chi connectivity index (χ1v) is 9.65. The number of hydrogen-bond donors (Lipinski definition) is 0. The van der Waals surface area contributed by atoms with Crippen LogP contribution in [-0.2, 0) is 0 Å². The Kier molecular flexibility index (Phi) is 6.40. The maximum Gasteiger partial charge on any atom is -0.0264 e. The molecule has 21 heavy (non-hydrogen) atoms.